The third-order valence-corrected chi connectivity index (χ3v) is 3.55. The fourth-order valence-corrected chi connectivity index (χ4v) is 2.57. The van der Waals surface area contributed by atoms with Gasteiger partial charge in [0.15, 0.2) is 5.84 Å². The van der Waals surface area contributed by atoms with Gasteiger partial charge in [0, 0.05) is 24.3 Å². The molecule has 0 radical (unpaired) electrons. The molecule has 1 heterocycles. The number of anilines is 1. The zero-order valence-electron chi connectivity index (χ0n) is 10.9. The molecule has 104 valence electrons. The molecule has 1 saturated carbocycles. The normalized spacial score (nSPS) is 16.8. The number of nitrogens with zero attached hydrogens (tertiary/aromatic N) is 3. The van der Waals surface area contributed by atoms with Crippen LogP contribution in [0, 0.1) is 0 Å². The first-order valence-corrected chi connectivity index (χ1v) is 6.57. The molecule has 0 atom stereocenters. The van der Waals surface area contributed by atoms with Gasteiger partial charge in [-0.25, -0.2) is 4.98 Å². The van der Waals surface area contributed by atoms with E-state index < -0.39 is 0 Å². The molecule has 0 spiro atoms. The van der Waals surface area contributed by atoms with Crippen molar-refractivity contribution >= 4 is 11.7 Å². The summed E-state index contributed by atoms with van der Waals surface area (Å²) in [4.78, 5) is 6.50. The van der Waals surface area contributed by atoms with Gasteiger partial charge in [-0.1, -0.05) is 18.0 Å². The van der Waals surface area contributed by atoms with Gasteiger partial charge < -0.3 is 20.9 Å². The smallest absolute Gasteiger partial charge is 0.171 e. The van der Waals surface area contributed by atoms with Crippen LogP contribution >= 0.6 is 0 Å². The van der Waals surface area contributed by atoms with Crippen molar-refractivity contribution in [3.05, 3.63) is 23.9 Å². The molecule has 0 unspecified atom stereocenters. The summed E-state index contributed by atoms with van der Waals surface area (Å²) in [7, 11) is 0. The van der Waals surface area contributed by atoms with Gasteiger partial charge in [-0.2, -0.15) is 0 Å². The van der Waals surface area contributed by atoms with Gasteiger partial charge in [0.25, 0.3) is 0 Å². The second kappa shape index (κ2) is 6.38. The van der Waals surface area contributed by atoms with Crippen LogP contribution < -0.4 is 10.6 Å². The predicted molar refractivity (Wildman–Crippen MR) is 73.4 cm³/mol. The van der Waals surface area contributed by atoms with E-state index in [4.69, 9.17) is 10.9 Å². The van der Waals surface area contributed by atoms with Crippen LogP contribution in [0.15, 0.2) is 23.5 Å². The molecule has 0 aromatic carbocycles. The van der Waals surface area contributed by atoms with Crippen LogP contribution in [0.5, 0.6) is 0 Å². The highest BCUT2D eigenvalue weighted by Gasteiger charge is 2.23. The quantitative estimate of drug-likeness (QED) is 0.318. The van der Waals surface area contributed by atoms with Gasteiger partial charge >= 0.3 is 0 Å². The van der Waals surface area contributed by atoms with E-state index in [0.29, 0.717) is 18.2 Å². The van der Waals surface area contributed by atoms with E-state index in [1.807, 2.05) is 6.07 Å². The summed E-state index contributed by atoms with van der Waals surface area (Å²) in [5, 5.41) is 20.8. The number of aliphatic hydroxyl groups is 1. The van der Waals surface area contributed by atoms with Crippen LogP contribution in [0.3, 0.4) is 0 Å². The number of pyridine rings is 1. The average Bonchev–Trinajstić information content (AvgIpc) is 2.98. The molecule has 1 aliphatic carbocycles. The largest absolute Gasteiger partial charge is 0.409 e. The van der Waals surface area contributed by atoms with Crippen molar-refractivity contribution in [3.8, 4) is 0 Å². The molecule has 6 heteroatoms. The second-order valence-corrected chi connectivity index (χ2v) is 4.75. The number of amidine groups is 1. The monoisotopic (exact) mass is 264 g/mol. The highest BCUT2D eigenvalue weighted by atomic mass is 16.4. The topological polar surface area (TPSA) is 95.0 Å². The van der Waals surface area contributed by atoms with Crippen molar-refractivity contribution in [2.24, 2.45) is 10.9 Å². The minimum absolute atomic E-state index is 0.0497. The van der Waals surface area contributed by atoms with Crippen LogP contribution in [-0.2, 0) is 0 Å². The lowest BCUT2D eigenvalue weighted by molar-refractivity contribution is 0.297. The van der Waals surface area contributed by atoms with E-state index in [-0.39, 0.29) is 12.4 Å². The Labute approximate surface area is 112 Å². The maximum absolute atomic E-state index is 9.20. The molecule has 1 aliphatic rings. The first kappa shape index (κ1) is 13.6. The van der Waals surface area contributed by atoms with Gasteiger partial charge in [-0.15, -0.1) is 0 Å². The van der Waals surface area contributed by atoms with E-state index in [2.05, 4.69) is 15.0 Å². The Kier molecular flexibility index (Phi) is 4.57. The highest BCUT2D eigenvalue weighted by Crippen LogP contribution is 2.26. The lowest BCUT2D eigenvalue weighted by Crippen LogP contribution is -2.36. The molecule has 1 aromatic rings. The van der Waals surface area contributed by atoms with Crippen molar-refractivity contribution < 1.29 is 10.3 Å². The Morgan fingerprint density at radius 3 is 2.68 bits per heavy atom. The zero-order chi connectivity index (χ0) is 13.7. The van der Waals surface area contributed by atoms with Crippen molar-refractivity contribution in [3.63, 3.8) is 0 Å². The highest BCUT2D eigenvalue weighted by molar-refractivity contribution is 5.96. The lowest BCUT2D eigenvalue weighted by atomic mass is 10.2. The summed E-state index contributed by atoms with van der Waals surface area (Å²) in [6.07, 6.45) is 6.33. The van der Waals surface area contributed by atoms with E-state index >= 15 is 0 Å². The fraction of sp³-hybridized carbons (Fsp3) is 0.538. The van der Waals surface area contributed by atoms with Crippen LogP contribution in [0.25, 0.3) is 0 Å². The Hall–Kier alpha value is -1.82. The molecule has 0 amide bonds. The van der Waals surface area contributed by atoms with Gasteiger partial charge in [0.2, 0.25) is 0 Å². The molecule has 2 rings (SSSR count). The molecular weight excluding hydrogens is 244 g/mol. The summed E-state index contributed by atoms with van der Waals surface area (Å²) < 4.78 is 0. The van der Waals surface area contributed by atoms with Crippen LogP contribution in [-0.4, -0.2) is 40.3 Å². The number of hydrogen-bond acceptors (Lipinski definition) is 5. The number of oxime groups is 1. The molecule has 6 nitrogen and oxygen atoms in total. The maximum Gasteiger partial charge on any atom is 0.171 e. The third-order valence-electron chi connectivity index (χ3n) is 3.55. The van der Waals surface area contributed by atoms with Gasteiger partial charge in [0.1, 0.15) is 5.82 Å². The SMILES string of the molecule is N/C(=N/O)c1ccc(N(CCO)C2CCCC2)nc1. The molecule has 1 aromatic heterocycles. The fourth-order valence-electron chi connectivity index (χ4n) is 2.57. The van der Waals surface area contributed by atoms with E-state index in [9.17, 15) is 5.11 Å². The number of hydrogen-bond donors (Lipinski definition) is 3. The minimum atomic E-state index is 0.0497. The van der Waals surface area contributed by atoms with Crippen LogP contribution in [0.1, 0.15) is 31.2 Å². The second-order valence-electron chi connectivity index (χ2n) is 4.75. The Balaban J connectivity index is 2.17. The van der Waals surface area contributed by atoms with Gasteiger partial charge in [-0.3, -0.25) is 0 Å². The van der Waals surface area contributed by atoms with E-state index in [1.54, 1.807) is 12.3 Å². The third kappa shape index (κ3) is 3.14. The minimum Gasteiger partial charge on any atom is -0.409 e. The number of nitrogens with two attached hydrogens (primary N) is 1. The Bertz CT molecular complexity index is 427. The molecule has 0 saturated heterocycles. The first-order valence-electron chi connectivity index (χ1n) is 6.57. The zero-order valence-corrected chi connectivity index (χ0v) is 10.9. The standard InChI is InChI=1S/C13H20N4O2/c14-13(16-19)10-5-6-12(15-9-10)17(7-8-18)11-3-1-2-4-11/h5-6,9,11,18-19H,1-4,7-8H2,(H2,14,16). The molecular formula is C13H20N4O2. The summed E-state index contributed by atoms with van der Waals surface area (Å²) in [6.45, 7) is 0.695. The van der Waals surface area contributed by atoms with Crippen LogP contribution in [0.2, 0.25) is 0 Å². The Morgan fingerprint density at radius 2 is 2.16 bits per heavy atom. The van der Waals surface area contributed by atoms with Crippen molar-refractivity contribution in [2.45, 2.75) is 31.7 Å². The summed E-state index contributed by atoms with van der Waals surface area (Å²) in [6, 6.07) is 4.08. The number of aliphatic hydroxyl groups excluding tert-OH is 1. The van der Waals surface area contributed by atoms with Crippen LogP contribution in [0.4, 0.5) is 5.82 Å². The summed E-state index contributed by atoms with van der Waals surface area (Å²) >= 11 is 0. The lowest BCUT2D eigenvalue weighted by Gasteiger charge is -2.29. The molecule has 0 bridgehead atoms. The predicted octanol–water partition coefficient (Wildman–Crippen LogP) is 0.917. The van der Waals surface area contributed by atoms with Crippen molar-refractivity contribution in [1.29, 1.82) is 0 Å². The number of rotatable bonds is 5. The van der Waals surface area contributed by atoms with Crippen molar-refractivity contribution in [1.82, 2.24) is 4.98 Å². The van der Waals surface area contributed by atoms with Crippen molar-refractivity contribution in [2.75, 3.05) is 18.1 Å². The van der Waals surface area contributed by atoms with E-state index in [1.165, 1.54) is 12.8 Å². The average molecular weight is 264 g/mol. The van der Waals surface area contributed by atoms with Gasteiger partial charge in [-0.05, 0) is 25.0 Å². The number of aromatic nitrogens is 1. The molecule has 19 heavy (non-hydrogen) atoms. The molecule has 1 fully saturated rings. The molecule has 4 N–H and O–H groups in total. The van der Waals surface area contributed by atoms with Gasteiger partial charge in [0.05, 0.1) is 6.61 Å². The summed E-state index contributed by atoms with van der Waals surface area (Å²) in [5.74, 6) is 0.879. The first-order chi connectivity index (χ1) is 9.26. The Morgan fingerprint density at radius 1 is 1.42 bits per heavy atom. The summed E-state index contributed by atoms with van der Waals surface area (Å²) in [5.41, 5.74) is 6.09. The van der Waals surface area contributed by atoms with E-state index in [0.717, 1.165) is 18.7 Å². The maximum atomic E-state index is 9.20. The molecule has 0 aliphatic heterocycles.